The first-order chi connectivity index (χ1) is 11.6. The lowest BCUT2D eigenvalue weighted by atomic mass is 10.1. The molecule has 1 amide bonds. The number of carbonyl (C=O) groups is 1. The standard InChI is InChI=1S/C19H20N2O3/c1-12-3-4-14-10-17(21-16(14)9-12)19(23)20-11-18(22)13-5-7-15(24-2)8-6-13/h3-10,18,21-22H,11H2,1-2H3,(H,20,23). The van der Waals surface area contributed by atoms with Gasteiger partial charge in [-0.15, -0.1) is 0 Å². The zero-order valence-electron chi connectivity index (χ0n) is 13.7. The molecule has 3 N–H and O–H groups in total. The van der Waals surface area contributed by atoms with Crippen LogP contribution in [-0.2, 0) is 0 Å². The summed E-state index contributed by atoms with van der Waals surface area (Å²) in [6, 6.07) is 14.9. The van der Waals surface area contributed by atoms with E-state index in [0.29, 0.717) is 5.69 Å². The second-order valence-corrected chi connectivity index (χ2v) is 5.77. The number of aromatic amines is 1. The Kier molecular flexibility index (Phi) is 4.53. The van der Waals surface area contributed by atoms with E-state index >= 15 is 0 Å². The number of fused-ring (bicyclic) bond motifs is 1. The van der Waals surface area contributed by atoms with Crippen molar-refractivity contribution in [3.05, 3.63) is 65.4 Å². The maximum Gasteiger partial charge on any atom is 0.267 e. The number of aryl methyl sites for hydroxylation is 1. The van der Waals surface area contributed by atoms with Crippen LogP contribution in [0.3, 0.4) is 0 Å². The summed E-state index contributed by atoms with van der Waals surface area (Å²) in [5.74, 6) is 0.486. The molecule has 2 aromatic carbocycles. The number of methoxy groups -OCH3 is 1. The van der Waals surface area contributed by atoms with Gasteiger partial charge in [-0.05, 0) is 42.3 Å². The van der Waals surface area contributed by atoms with Crippen molar-refractivity contribution >= 4 is 16.8 Å². The molecule has 5 heteroatoms. The number of amides is 1. The summed E-state index contributed by atoms with van der Waals surface area (Å²) in [6.07, 6.45) is -0.772. The van der Waals surface area contributed by atoms with E-state index in [1.54, 1.807) is 31.4 Å². The van der Waals surface area contributed by atoms with Crippen molar-refractivity contribution in [2.45, 2.75) is 13.0 Å². The summed E-state index contributed by atoms with van der Waals surface area (Å²) in [7, 11) is 1.59. The average molecular weight is 324 g/mol. The highest BCUT2D eigenvalue weighted by Gasteiger charge is 2.13. The van der Waals surface area contributed by atoms with Crippen LogP contribution in [0.4, 0.5) is 0 Å². The second kappa shape index (κ2) is 6.76. The predicted molar refractivity (Wildman–Crippen MR) is 93.3 cm³/mol. The number of rotatable bonds is 5. The number of aliphatic hydroxyl groups is 1. The van der Waals surface area contributed by atoms with Crippen molar-refractivity contribution in [3.8, 4) is 5.75 Å². The first kappa shape index (κ1) is 16.1. The van der Waals surface area contributed by atoms with E-state index in [1.165, 1.54) is 0 Å². The van der Waals surface area contributed by atoms with Gasteiger partial charge in [0.2, 0.25) is 0 Å². The summed E-state index contributed by atoms with van der Waals surface area (Å²) in [4.78, 5) is 15.4. The molecule has 0 aliphatic rings. The molecule has 0 aliphatic heterocycles. The quantitative estimate of drug-likeness (QED) is 0.675. The fraction of sp³-hybridized carbons (Fsp3) is 0.211. The Balaban J connectivity index is 1.65. The zero-order chi connectivity index (χ0) is 17.1. The van der Waals surface area contributed by atoms with E-state index in [2.05, 4.69) is 10.3 Å². The molecule has 0 saturated heterocycles. The van der Waals surface area contributed by atoms with Gasteiger partial charge in [-0.2, -0.15) is 0 Å². The van der Waals surface area contributed by atoms with Gasteiger partial charge in [0.15, 0.2) is 0 Å². The van der Waals surface area contributed by atoms with Gasteiger partial charge < -0.3 is 20.1 Å². The summed E-state index contributed by atoms with van der Waals surface area (Å²) < 4.78 is 5.09. The van der Waals surface area contributed by atoms with Crippen LogP contribution in [0.5, 0.6) is 5.75 Å². The fourth-order valence-corrected chi connectivity index (χ4v) is 2.59. The van der Waals surface area contributed by atoms with E-state index in [9.17, 15) is 9.90 Å². The van der Waals surface area contributed by atoms with Gasteiger partial charge in [0.05, 0.1) is 13.2 Å². The summed E-state index contributed by atoms with van der Waals surface area (Å²) in [5.41, 5.74) is 3.27. The number of carbonyl (C=O) groups excluding carboxylic acids is 1. The van der Waals surface area contributed by atoms with E-state index in [4.69, 9.17) is 4.74 Å². The van der Waals surface area contributed by atoms with E-state index < -0.39 is 6.10 Å². The third-order valence-corrected chi connectivity index (χ3v) is 3.98. The van der Waals surface area contributed by atoms with E-state index in [0.717, 1.165) is 27.8 Å². The Hall–Kier alpha value is -2.79. The molecule has 0 bridgehead atoms. The molecule has 3 rings (SSSR count). The first-order valence-electron chi connectivity index (χ1n) is 7.76. The Morgan fingerprint density at radius 1 is 1.21 bits per heavy atom. The molecule has 1 unspecified atom stereocenters. The van der Waals surface area contributed by atoms with Crippen LogP contribution >= 0.6 is 0 Å². The minimum absolute atomic E-state index is 0.138. The number of benzene rings is 2. The number of hydrogen-bond acceptors (Lipinski definition) is 3. The van der Waals surface area contributed by atoms with Gasteiger partial charge in [0.25, 0.3) is 5.91 Å². The van der Waals surface area contributed by atoms with Crippen LogP contribution < -0.4 is 10.1 Å². The van der Waals surface area contributed by atoms with Crippen LogP contribution in [0.15, 0.2) is 48.5 Å². The third-order valence-electron chi connectivity index (χ3n) is 3.98. The molecule has 0 radical (unpaired) electrons. The highest BCUT2D eigenvalue weighted by Crippen LogP contribution is 2.18. The van der Waals surface area contributed by atoms with Crippen molar-refractivity contribution in [1.29, 1.82) is 0 Å². The molecular weight excluding hydrogens is 304 g/mol. The van der Waals surface area contributed by atoms with Crippen LogP contribution in [0, 0.1) is 6.92 Å². The molecule has 5 nitrogen and oxygen atoms in total. The largest absolute Gasteiger partial charge is 0.497 e. The van der Waals surface area contributed by atoms with Crippen molar-refractivity contribution in [3.63, 3.8) is 0 Å². The molecule has 124 valence electrons. The molecule has 3 aromatic rings. The van der Waals surface area contributed by atoms with Gasteiger partial charge in [-0.3, -0.25) is 4.79 Å². The normalized spacial score (nSPS) is 12.1. The average Bonchev–Trinajstić information content (AvgIpc) is 3.02. The van der Waals surface area contributed by atoms with Crippen LogP contribution in [0.25, 0.3) is 10.9 Å². The van der Waals surface area contributed by atoms with Crippen molar-refractivity contribution in [2.75, 3.05) is 13.7 Å². The topological polar surface area (TPSA) is 74.3 Å². The highest BCUT2D eigenvalue weighted by molar-refractivity contribution is 5.98. The maximum absolute atomic E-state index is 12.3. The summed E-state index contributed by atoms with van der Waals surface area (Å²) in [5, 5.41) is 13.9. The molecular formula is C19H20N2O3. The number of nitrogens with one attached hydrogen (secondary N) is 2. The zero-order valence-corrected chi connectivity index (χ0v) is 13.7. The minimum Gasteiger partial charge on any atom is -0.497 e. The molecule has 0 fully saturated rings. The third kappa shape index (κ3) is 3.41. The van der Waals surface area contributed by atoms with Crippen molar-refractivity contribution < 1.29 is 14.6 Å². The predicted octanol–water partition coefficient (Wildman–Crippen LogP) is 2.95. The Bertz CT molecular complexity index is 853. The molecule has 1 atom stereocenters. The number of ether oxygens (including phenoxy) is 1. The first-order valence-corrected chi connectivity index (χ1v) is 7.76. The molecule has 1 aromatic heterocycles. The highest BCUT2D eigenvalue weighted by atomic mass is 16.5. The van der Waals surface area contributed by atoms with Crippen LogP contribution in [0.1, 0.15) is 27.7 Å². The molecule has 1 heterocycles. The van der Waals surface area contributed by atoms with Crippen molar-refractivity contribution in [1.82, 2.24) is 10.3 Å². The van der Waals surface area contributed by atoms with Crippen LogP contribution in [-0.4, -0.2) is 29.7 Å². The number of hydrogen-bond donors (Lipinski definition) is 3. The molecule has 0 saturated carbocycles. The second-order valence-electron chi connectivity index (χ2n) is 5.77. The Morgan fingerprint density at radius 2 is 1.96 bits per heavy atom. The van der Waals surface area contributed by atoms with Gasteiger partial charge in [0, 0.05) is 17.4 Å². The lowest BCUT2D eigenvalue weighted by Gasteiger charge is -2.12. The minimum atomic E-state index is -0.772. The van der Waals surface area contributed by atoms with E-state index in [1.807, 2.05) is 31.2 Å². The lowest BCUT2D eigenvalue weighted by Crippen LogP contribution is -2.28. The monoisotopic (exact) mass is 324 g/mol. The van der Waals surface area contributed by atoms with Gasteiger partial charge in [-0.1, -0.05) is 24.3 Å². The SMILES string of the molecule is COc1ccc(C(O)CNC(=O)c2cc3ccc(C)cc3[nH]2)cc1. The van der Waals surface area contributed by atoms with Crippen LogP contribution in [0.2, 0.25) is 0 Å². The number of aromatic nitrogens is 1. The Labute approximate surface area is 140 Å². The summed E-state index contributed by atoms with van der Waals surface area (Å²) >= 11 is 0. The number of H-pyrrole nitrogens is 1. The molecule has 0 aliphatic carbocycles. The number of aliphatic hydroxyl groups excluding tert-OH is 1. The maximum atomic E-state index is 12.3. The van der Waals surface area contributed by atoms with Gasteiger partial charge in [-0.25, -0.2) is 0 Å². The van der Waals surface area contributed by atoms with Crippen molar-refractivity contribution in [2.24, 2.45) is 0 Å². The Morgan fingerprint density at radius 3 is 2.67 bits per heavy atom. The molecule has 24 heavy (non-hydrogen) atoms. The van der Waals surface area contributed by atoms with E-state index in [-0.39, 0.29) is 12.5 Å². The fourth-order valence-electron chi connectivity index (χ4n) is 2.59. The smallest absolute Gasteiger partial charge is 0.267 e. The summed E-state index contributed by atoms with van der Waals surface area (Å²) in [6.45, 7) is 2.14. The molecule has 0 spiro atoms. The van der Waals surface area contributed by atoms with Gasteiger partial charge in [0.1, 0.15) is 11.4 Å². The van der Waals surface area contributed by atoms with Gasteiger partial charge >= 0.3 is 0 Å². The lowest BCUT2D eigenvalue weighted by molar-refractivity contribution is 0.0912.